The number of nitrogens with one attached hydrogen (secondary N) is 1. The van der Waals surface area contributed by atoms with E-state index in [9.17, 15) is 4.79 Å². The van der Waals surface area contributed by atoms with E-state index in [-0.39, 0.29) is 5.89 Å². The second-order valence-corrected chi connectivity index (χ2v) is 4.69. The fourth-order valence-electron chi connectivity index (χ4n) is 2.06. The summed E-state index contributed by atoms with van der Waals surface area (Å²) in [5.41, 5.74) is 3.11. The molecule has 0 aliphatic heterocycles. The maximum atomic E-state index is 11.6. The highest BCUT2D eigenvalue weighted by Crippen LogP contribution is 2.28. The summed E-state index contributed by atoms with van der Waals surface area (Å²) in [6.45, 7) is 1.65. The Balaban J connectivity index is 1.91. The van der Waals surface area contributed by atoms with Gasteiger partial charge in [0.25, 0.3) is 11.8 Å². The van der Waals surface area contributed by atoms with Crippen LogP contribution in [0.15, 0.2) is 39.2 Å². The van der Waals surface area contributed by atoms with E-state index in [0.29, 0.717) is 23.0 Å². The monoisotopic (exact) mass is 314 g/mol. The summed E-state index contributed by atoms with van der Waals surface area (Å²) in [6.07, 6.45) is 0. The second kappa shape index (κ2) is 5.93. The molecular formula is C15H14N4O4. The number of nitrogen functional groups attached to an aromatic ring is 1. The van der Waals surface area contributed by atoms with Gasteiger partial charge in [0.15, 0.2) is 5.76 Å². The highest BCUT2D eigenvalue weighted by atomic mass is 16.5. The van der Waals surface area contributed by atoms with Crippen LogP contribution in [0.2, 0.25) is 0 Å². The van der Waals surface area contributed by atoms with Gasteiger partial charge in [-0.3, -0.25) is 10.2 Å². The maximum Gasteiger partial charge on any atom is 0.283 e. The molecule has 1 amide bonds. The highest BCUT2D eigenvalue weighted by Gasteiger charge is 2.19. The summed E-state index contributed by atoms with van der Waals surface area (Å²) in [5.74, 6) is 6.62. The number of hydrogen-bond acceptors (Lipinski definition) is 7. The minimum Gasteiger partial charge on any atom is -0.497 e. The van der Waals surface area contributed by atoms with Gasteiger partial charge >= 0.3 is 0 Å². The normalized spacial score (nSPS) is 10.6. The zero-order valence-corrected chi connectivity index (χ0v) is 12.5. The van der Waals surface area contributed by atoms with Gasteiger partial charge in [-0.05, 0) is 31.2 Å². The Morgan fingerprint density at radius 3 is 2.52 bits per heavy atom. The van der Waals surface area contributed by atoms with E-state index in [4.69, 9.17) is 19.4 Å². The van der Waals surface area contributed by atoms with Gasteiger partial charge in [0.1, 0.15) is 11.5 Å². The van der Waals surface area contributed by atoms with Gasteiger partial charge < -0.3 is 13.6 Å². The van der Waals surface area contributed by atoms with Crippen molar-refractivity contribution in [3.63, 3.8) is 0 Å². The Hall–Kier alpha value is -3.13. The van der Waals surface area contributed by atoms with Crippen LogP contribution in [-0.4, -0.2) is 23.2 Å². The third kappa shape index (κ3) is 2.79. The van der Waals surface area contributed by atoms with Gasteiger partial charge in [-0.15, -0.1) is 10.2 Å². The van der Waals surface area contributed by atoms with E-state index >= 15 is 0 Å². The van der Waals surface area contributed by atoms with Crippen molar-refractivity contribution in [2.24, 2.45) is 5.84 Å². The van der Waals surface area contributed by atoms with Crippen LogP contribution >= 0.6 is 0 Å². The summed E-state index contributed by atoms with van der Waals surface area (Å²) in [4.78, 5) is 11.6. The number of amides is 1. The smallest absolute Gasteiger partial charge is 0.283 e. The van der Waals surface area contributed by atoms with Crippen molar-refractivity contribution < 1.29 is 18.4 Å². The molecule has 0 radical (unpaired) electrons. The number of aromatic nitrogens is 2. The average Bonchev–Trinajstić information content (AvgIpc) is 3.21. The predicted octanol–water partition coefficient (Wildman–Crippen LogP) is 1.92. The number of hydrogen-bond donors (Lipinski definition) is 2. The molecule has 0 unspecified atom stereocenters. The highest BCUT2D eigenvalue weighted by molar-refractivity contribution is 5.95. The number of carbonyl (C=O) groups excluding carboxylic acids is 1. The Morgan fingerprint density at radius 1 is 1.17 bits per heavy atom. The third-order valence-electron chi connectivity index (χ3n) is 3.27. The Bertz CT molecular complexity index is 836. The number of nitrogens with two attached hydrogens (primary N) is 1. The van der Waals surface area contributed by atoms with Gasteiger partial charge in [-0.2, -0.15) is 0 Å². The number of furan rings is 1. The van der Waals surface area contributed by atoms with Crippen molar-refractivity contribution in [3.8, 4) is 28.9 Å². The number of nitrogens with zero attached hydrogens (tertiary/aromatic N) is 2. The number of carbonyl (C=O) groups is 1. The van der Waals surface area contributed by atoms with Crippen molar-refractivity contribution in [2.75, 3.05) is 7.11 Å². The molecule has 118 valence electrons. The van der Waals surface area contributed by atoms with Crippen molar-refractivity contribution in [1.29, 1.82) is 0 Å². The first kappa shape index (κ1) is 14.8. The van der Waals surface area contributed by atoms with Crippen LogP contribution in [0.25, 0.3) is 23.1 Å². The molecule has 0 aliphatic rings. The number of hydrazine groups is 1. The van der Waals surface area contributed by atoms with Gasteiger partial charge in [0, 0.05) is 11.6 Å². The molecule has 8 heteroatoms. The predicted molar refractivity (Wildman–Crippen MR) is 80.4 cm³/mol. The summed E-state index contributed by atoms with van der Waals surface area (Å²) in [5, 5.41) is 7.92. The molecule has 0 atom stereocenters. The topological polar surface area (TPSA) is 116 Å². The molecule has 3 N–H and O–H groups in total. The molecule has 0 fully saturated rings. The van der Waals surface area contributed by atoms with Gasteiger partial charge in [-0.1, -0.05) is 0 Å². The molecule has 2 heterocycles. The lowest BCUT2D eigenvalue weighted by molar-refractivity contribution is 0.0952. The van der Waals surface area contributed by atoms with E-state index in [0.717, 1.165) is 11.3 Å². The fraction of sp³-hybridized carbons (Fsp3) is 0.133. The first-order chi connectivity index (χ1) is 11.1. The molecule has 0 spiro atoms. The molecule has 3 aromatic rings. The number of ether oxygens (including phenoxy) is 1. The van der Waals surface area contributed by atoms with Gasteiger partial charge in [0.2, 0.25) is 5.89 Å². The van der Waals surface area contributed by atoms with Crippen LogP contribution in [0.4, 0.5) is 0 Å². The quantitative estimate of drug-likeness (QED) is 0.429. The SMILES string of the molecule is COc1ccc(-c2nnc(-c3cc(C(=O)NN)c(C)o3)o2)cc1. The minimum absolute atomic E-state index is 0.176. The molecule has 2 aromatic heterocycles. The van der Waals surface area contributed by atoms with Gasteiger partial charge in [-0.25, -0.2) is 5.84 Å². The molecule has 8 nitrogen and oxygen atoms in total. The van der Waals surface area contributed by atoms with Crippen LogP contribution in [0.5, 0.6) is 5.75 Å². The lowest BCUT2D eigenvalue weighted by Crippen LogP contribution is -2.30. The van der Waals surface area contributed by atoms with Crippen LogP contribution in [0, 0.1) is 6.92 Å². The number of benzene rings is 1. The largest absolute Gasteiger partial charge is 0.497 e. The minimum atomic E-state index is -0.451. The fourth-order valence-corrected chi connectivity index (χ4v) is 2.06. The Kier molecular flexibility index (Phi) is 3.82. The van der Waals surface area contributed by atoms with E-state index in [1.54, 1.807) is 38.3 Å². The third-order valence-corrected chi connectivity index (χ3v) is 3.27. The van der Waals surface area contributed by atoms with Crippen molar-refractivity contribution in [3.05, 3.63) is 41.7 Å². The Labute approximate surface area is 131 Å². The number of rotatable bonds is 4. The molecular weight excluding hydrogens is 300 g/mol. The van der Waals surface area contributed by atoms with E-state index in [1.807, 2.05) is 0 Å². The first-order valence-electron chi connectivity index (χ1n) is 6.72. The van der Waals surface area contributed by atoms with E-state index in [2.05, 4.69) is 15.6 Å². The van der Waals surface area contributed by atoms with Crippen LogP contribution < -0.4 is 16.0 Å². The average molecular weight is 314 g/mol. The summed E-state index contributed by atoms with van der Waals surface area (Å²) >= 11 is 0. The lowest BCUT2D eigenvalue weighted by atomic mass is 10.2. The first-order valence-corrected chi connectivity index (χ1v) is 6.72. The molecule has 0 saturated heterocycles. The molecule has 0 bridgehead atoms. The van der Waals surface area contributed by atoms with Crippen LogP contribution in [0.1, 0.15) is 16.1 Å². The van der Waals surface area contributed by atoms with Crippen molar-refractivity contribution in [2.45, 2.75) is 6.92 Å². The molecule has 3 rings (SSSR count). The maximum absolute atomic E-state index is 11.6. The molecule has 0 saturated carbocycles. The Morgan fingerprint density at radius 2 is 1.87 bits per heavy atom. The standard InChI is InChI=1S/C15H14N4O4/c1-8-11(13(20)17-16)7-12(22-8)15-19-18-14(23-15)9-3-5-10(21-2)6-4-9/h3-7H,16H2,1-2H3,(H,17,20). The van der Waals surface area contributed by atoms with Crippen LogP contribution in [-0.2, 0) is 0 Å². The summed E-state index contributed by atoms with van der Waals surface area (Å²) in [7, 11) is 1.59. The molecule has 0 aliphatic carbocycles. The van der Waals surface area contributed by atoms with Crippen molar-refractivity contribution >= 4 is 5.91 Å². The number of methoxy groups -OCH3 is 1. The lowest BCUT2D eigenvalue weighted by Gasteiger charge is -1.99. The van der Waals surface area contributed by atoms with Gasteiger partial charge in [0.05, 0.1) is 12.7 Å². The summed E-state index contributed by atoms with van der Waals surface area (Å²) < 4.78 is 16.2. The van der Waals surface area contributed by atoms with Crippen molar-refractivity contribution in [1.82, 2.24) is 15.6 Å². The van der Waals surface area contributed by atoms with E-state index in [1.165, 1.54) is 6.07 Å². The molecule has 1 aromatic carbocycles. The van der Waals surface area contributed by atoms with Crippen LogP contribution in [0.3, 0.4) is 0 Å². The zero-order valence-electron chi connectivity index (χ0n) is 12.5. The zero-order chi connectivity index (χ0) is 16.4. The van der Waals surface area contributed by atoms with E-state index < -0.39 is 5.91 Å². The summed E-state index contributed by atoms with van der Waals surface area (Å²) in [6, 6.07) is 8.69. The number of aryl methyl sites for hydroxylation is 1. The molecule has 23 heavy (non-hydrogen) atoms. The second-order valence-electron chi connectivity index (χ2n) is 4.69.